The van der Waals surface area contributed by atoms with Gasteiger partial charge in [-0.2, -0.15) is 0 Å². The van der Waals surface area contributed by atoms with Crippen molar-refractivity contribution < 1.29 is 10.0 Å². The van der Waals surface area contributed by atoms with Crippen LogP contribution in [0.15, 0.2) is 18.2 Å². The molecule has 0 aliphatic rings. The van der Waals surface area contributed by atoms with E-state index in [-0.39, 0.29) is 17.3 Å². The van der Waals surface area contributed by atoms with Crippen molar-refractivity contribution in [3.8, 4) is 0 Å². The van der Waals surface area contributed by atoms with Gasteiger partial charge in [-0.15, -0.1) is 0 Å². The van der Waals surface area contributed by atoms with Crippen molar-refractivity contribution in [1.82, 2.24) is 0 Å². The van der Waals surface area contributed by atoms with Crippen molar-refractivity contribution in [2.45, 2.75) is 0 Å². The quantitative estimate of drug-likeness (QED) is 0.631. The molecule has 1 aromatic rings. The third-order valence-electron chi connectivity index (χ3n) is 1.99. The Bertz CT molecular complexity index is 370. The maximum Gasteiger partial charge on any atom is 0.310 e. The van der Waals surface area contributed by atoms with Gasteiger partial charge in [0, 0.05) is 13.6 Å². The lowest BCUT2D eigenvalue weighted by Crippen LogP contribution is -2.22. The molecule has 5 nitrogen and oxygen atoms in total. The summed E-state index contributed by atoms with van der Waals surface area (Å²) in [5.74, 6) is 0. The Morgan fingerprint density at radius 2 is 2.27 bits per heavy atom. The Morgan fingerprint density at radius 3 is 2.80 bits per heavy atom. The monoisotopic (exact) mass is 230 g/mol. The van der Waals surface area contributed by atoms with Crippen molar-refractivity contribution in [3.63, 3.8) is 0 Å². The summed E-state index contributed by atoms with van der Waals surface area (Å²) in [4.78, 5) is 11.8. The van der Waals surface area contributed by atoms with Gasteiger partial charge in [0.25, 0.3) is 0 Å². The highest BCUT2D eigenvalue weighted by Crippen LogP contribution is 2.34. The van der Waals surface area contributed by atoms with Gasteiger partial charge in [-0.1, -0.05) is 17.7 Å². The molecule has 0 unspecified atom stereocenters. The summed E-state index contributed by atoms with van der Waals surface area (Å²) in [5, 5.41) is 19.6. The first-order chi connectivity index (χ1) is 7.07. The van der Waals surface area contributed by atoms with E-state index in [2.05, 4.69) is 0 Å². The third kappa shape index (κ3) is 2.57. The summed E-state index contributed by atoms with van der Waals surface area (Å²) in [6, 6.07) is 4.70. The van der Waals surface area contributed by atoms with Crippen molar-refractivity contribution >= 4 is 23.0 Å². The van der Waals surface area contributed by atoms with Crippen LogP contribution in [0.3, 0.4) is 0 Å². The van der Waals surface area contributed by atoms with Gasteiger partial charge in [-0.25, -0.2) is 0 Å². The Kier molecular flexibility index (Phi) is 3.88. The lowest BCUT2D eigenvalue weighted by molar-refractivity contribution is -0.384. The minimum Gasteiger partial charge on any atom is -0.395 e. The van der Waals surface area contributed by atoms with Gasteiger partial charge in [0.2, 0.25) is 0 Å². The molecule has 82 valence electrons. The van der Waals surface area contributed by atoms with Gasteiger partial charge in [-0.05, 0) is 12.1 Å². The summed E-state index contributed by atoms with van der Waals surface area (Å²) >= 11 is 5.74. The zero-order valence-electron chi connectivity index (χ0n) is 8.18. The Hall–Kier alpha value is -1.33. The first-order valence-electron chi connectivity index (χ1n) is 4.33. The maximum absolute atomic E-state index is 10.8. The summed E-state index contributed by atoms with van der Waals surface area (Å²) in [7, 11) is 1.66. The number of para-hydroxylation sites is 1. The molecule has 15 heavy (non-hydrogen) atoms. The molecule has 0 aromatic heterocycles. The number of nitrogens with zero attached hydrogens (tertiary/aromatic N) is 2. The Morgan fingerprint density at radius 1 is 1.60 bits per heavy atom. The molecular formula is C9H11ClN2O3. The van der Waals surface area contributed by atoms with Crippen LogP contribution in [0, 0.1) is 10.1 Å². The van der Waals surface area contributed by atoms with Gasteiger partial charge in [0.05, 0.1) is 11.5 Å². The molecule has 0 amide bonds. The third-order valence-corrected chi connectivity index (χ3v) is 2.30. The van der Waals surface area contributed by atoms with E-state index in [9.17, 15) is 10.1 Å². The summed E-state index contributed by atoms with van der Waals surface area (Å²) in [6.07, 6.45) is 0. The standard InChI is InChI=1S/C9H11ClN2O3/c1-11(5-6-13)8-4-2-3-7(10)9(8)12(14)15/h2-4,13H,5-6H2,1H3. The fourth-order valence-electron chi connectivity index (χ4n) is 1.26. The van der Waals surface area contributed by atoms with E-state index in [4.69, 9.17) is 16.7 Å². The van der Waals surface area contributed by atoms with E-state index in [0.717, 1.165) is 0 Å². The zero-order chi connectivity index (χ0) is 11.4. The molecule has 0 saturated carbocycles. The lowest BCUT2D eigenvalue weighted by atomic mass is 10.2. The van der Waals surface area contributed by atoms with Crippen LogP contribution in [0.5, 0.6) is 0 Å². The number of rotatable bonds is 4. The lowest BCUT2D eigenvalue weighted by Gasteiger charge is -2.17. The number of hydrogen-bond acceptors (Lipinski definition) is 4. The fraction of sp³-hybridized carbons (Fsp3) is 0.333. The molecule has 0 spiro atoms. The molecule has 0 aliphatic carbocycles. The summed E-state index contributed by atoms with van der Waals surface area (Å²) in [5.41, 5.74) is 0.275. The summed E-state index contributed by atoms with van der Waals surface area (Å²) in [6.45, 7) is 0.251. The predicted octanol–water partition coefficient (Wildman–Crippen LogP) is 1.68. The van der Waals surface area contributed by atoms with Gasteiger partial charge < -0.3 is 10.0 Å². The highest BCUT2D eigenvalue weighted by atomic mass is 35.5. The van der Waals surface area contributed by atoms with E-state index in [1.54, 1.807) is 24.1 Å². The van der Waals surface area contributed by atoms with Gasteiger partial charge >= 0.3 is 5.69 Å². The van der Waals surface area contributed by atoms with Crippen LogP contribution in [-0.4, -0.2) is 30.2 Å². The van der Waals surface area contributed by atoms with E-state index in [1.807, 2.05) is 0 Å². The molecule has 0 bridgehead atoms. The van der Waals surface area contributed by atoms with E-state index < -0.39 is 4.92 Å². The Labute approximate surface area is 92.0 Å². The van der Waals surface area contributed by atoms with Gasteiger partial charge in [0.15, 0.2) is 0 Å². The SMILES string of the molecule is CN(CCO)c1cccc(Cl)c1[N+](=O)[O-]. The van der Waals surface area contributed by atoms with Crippen LogP contribution in [-0.2, 0) is 0 Å². The molecule has 0 saturated heterocycles. The predicted molar refractivity (Wildman–Crippen MR) is 58.5 cm³/mol. The number of halogens is 1. The highest BCUT2D eigenvalue weighted by Gasteiger charge is 2.20. The second-order valence-electron chi connectivity index (χ2n) is 3.01. The molecule has 0 fully saturated rings. The topological polar surface area (TPSA) is 66.6 Å². The van der Waals surface area contributed by atoms with Crippen LogP contribution >= 0.6 is 11.6 Å². The fourth-order valence-corrected chi connectivity index (χ4v) is 1.50. The molecule has 0 atom stereocenters. The van der Waals surface area contributed by atoms with Crippen LogP contribution < -0.4 is 4.90 Å². The van der Waals surface area contributed by atoms with Crippen molar-refractivity contribution in [2.24, 2.45) is 0 Å². The number of hydrogen-bond donors (Lipinski definition) is 1. The number of nitro benzene ring substituents is 1. The number of aliphatic hydroxyl groups is 1. The van der Waals surface area contributed by atoms with Gasteiger partial charge in [-0.3, -0.25) is 10.1 Å². The van der Waals surface area contributed by atoms with Crippen molar-refractivity contribution in [2.75, 3.05) is 25.1 Å². The molecule has 1 N–H and O–H groups in total. The molecule has 0 heterocycles. The highest BCUT2D eigenvalue weighted by molar-refractivity contribution is 6.33. The van der Waals surface area contributed by atoms with Crippen LogP contribution in [0.25, 0.3) is 0 Å². The van der Waals surface area contributed by atoms with Crippen LogP contribution in [0.1, 0.15) is 0 Å². The molecule has 1 rings (SSSR count). The average molecular weight is 231 g/mol. The number of nitro groups is 1. The first kappa shape index (κ1) is 11.7. The van der Waals surface area contributed by atoms with Gasteiger partial charge in [0.1, 0.15) is 10.7 Å². The summed E-state index contributed by atoms with van der Waals surface area (Å²) < 4.78 is 0. The first-order valence-corrected chi connectivity index (χ1v) is 4.70. The largest absolute Gasteiger partial charge is 0.395 e. The second-order valence-corrected chi connectivity index (χ2v) is 3.42. The smallest absolute Gasteiger partial charge is 0.310 e. The molecule has 6 heteroatoms. The molecule has 1 aromatic carbocycles. The zero-order valence-corrected chi connectivity index (χ0v) is 8.94. The number of aliphatic hydroxyl groups excluding tert-OH is 1. The van der Waals surface area contributed by atoms with E-state index >= 15 is 0 Å². The number of likely N-dealkylation sites (N-methyl/N-ethyl adjacent to an activating group) is 1. The molecular weight excluding hydrogens is 220 g/mol. The molecule has 0 aliphatic heterocycles. The van der Waals surface area contributed by atoms with Crippen molar-refractivity contribution in [3.05, 3.63) is 33.3 Å². The van der Waals surface area contributed by atoms with E-state index in [0.29, 0.717) is 12.2 Å². The number of anilines is 1. The maximum atomic E-state index is 10.8. The minimum absolute atomic E-state index is 0.0693. The number of benzene rings is 1. The minimum atomic E-state index is -0.522. The second kappa shape index (κ2) is 4.95. The average Bonchev–Trinajstić information content (AvgIpc) is 2.17. The van der Waals surface area contributed by atoms with E-state index in [1.165, 1.54) is 6.07 Å². The Balaban J connectivity index is 3.16. The van der Waals surface area contributed by atoms with Crippen molar-refractivity contribution in [1.29, 1.82) is 0 Å². The van der Waals surface area contributed by atoms with Crippen LogP contribution in [0.2, 0.25) is 5.02 Å². The molecule has 0 radical (unpaired) electrons. The van der Waals surface area contributed by atoms with Crippen LogP contribution in [0.4, 0.5) is 11.4 Å². The normalized spacial score (nSPS) is 10.1.